The third-order valence-electron chi connectivity index (χ3n) is 2.90. The number of alkyl halides is 3. The van der Waals surface area contributed by atoms with E-state index in [0.29, 0.717) is 5.92 Å². The molecule has 0 heterocycles. The molecule has 92 valence electrons. The van der Waals surface area contributed by atoms with Crippen LogP contribution < -0.4 is 5.32 Å². The maximum atomic E-state index is 12.4. The fraction of sp³-hybridized carbons (Fsp3) is 0.417. The standard InChI is InChI=1S/C12H12F3NO/c1-7-5-10(7)11(17)16-9-4-2-3-8(6-9)12(13,14)15/h2-4,6-7,10H,5H2,1H3,(H,16,17)/t7-,10+/m1/s1. The minimum absolute atomic E-state index is 0.0513. The molecule has 1 aromatic rings. The van der Waals surface area contributed by atoms with Gasteiger partial charge in [-0.25, -0.2) is 0 Å². The molecule has 1 aliphatic rings. The highest BCUT2D eigenvalue weighted by atomic mass is 19.4. The number of halogens is 3. The highest BCUT2D eigenvalue weighted by molar-refractivity contribution is 5.94. The molecule has 0 spiro atoms. The van der Waals surface area contributed by atoms with Crippen LogP contribution in [0.2, 0.25) is 0 Å². The summed E-state index contributed by atoms with van der Waals surface area (Å²) in [6.45, 7) is 1.94. The van der Waals surface area contributed by atoms with Crippen LogP contribution in [-0.2, 0) is 11.0 Å². The highest BCUT2D eigenvalue weighted by Gasteiger charge is 2.39. The van der Waals surface area contributed by atoms with Gasteiger partial charge in [0.15, 0.2) is 0 Å². The van der Waals surface area contributed by atoms with Gasteiger partial charge in [-0.3, -0.25) is 4.79 Å². The molecule has 1 N–H and O–H groups in total. The van der Waals surface area contributed by atoms with E-state index in [4.69, 9.17) is 0 Å². The van der Waals surface area contributed by atoms with Crippen LogP contribution in [0.3, 0.4) is 0 Å². The average molecular weight is 243 g/mol. The van der Waals surface area contributed by atoms with Crippen LogP contribution in [-0.4, -0.2) is 5.91 Å². The lowest BCUT2D eigenvalue weighted by Crippen LogP contribution is -2.15. The maximum Gasteiger partial charge on any atom is 0.416 e. The second-order valence-electron chi connectivity index (χ2n) is 4.39. The summed E-state index contributed by atoms with van der Waals surface area (Å²) >= 11 is 0. The molecular weight excluding hydrogens is 231 g/mol. The summed E-state index contributed by atoms with van der Waals surface area (Å²) in [5, 5.41) is 2.51. The molecule has 2 atom stereocenters. The molecule has 0 radical (unpaired) electrons. The third kappa shape index (κ3) is 2.78. The van der Waals surface area contributed by atoms with E-state index in [-0.39, 0.29) is 17.5 Å². The number of hydrogen-bond donors (Lipinski definition) is 1. The first-order valence-electron chi connectivity index (χ1n) is 5.36. The summed E-state index contributed by atoms with van der Waals surface area (Å²) in [7, 11) is 0. The fourth-order valence-corrected chi connectivity index (χ4v) is 1.70. The van der Waals surface area contributed by atoms with E-state index in [1.165, 1.54) is 12.1 Å². The number of hydrogen-bond acceptors (Lipinski definition) is 1. The van der Waals surface area contributed by atoms with Crippen LogP contribution in [0.4, 0.5) is 18.9 Å². The van der Waals surface area contributed by atoms with E-state index < -0.39 is 11.7 Å². The summed E-state index contributed by atoms with van der Waals surface area (Å²) in [6.07, 6.45) is -3.57. The molecule has 17 heavy (non-hydrogen) atoms. The summed E-state index contributed by atoms with van der Waals surface area (Å²) in [5.41, 5.74) is -0.553. The Bertz CT molecular complexity index is 442. The van der Waals surface area contributed by atoms with Crippen LogP contribution >= 0.6 is 0 Å². The Labute approximate surface area is 96.8 Å². The van der Waals surface area contributed by atoms with E-state index >= 15 is 0 Å². The van der Waals surface area contributed by atoms with Crippen LogP contribution in [0.25, 0.3) is 0 Å². The largest absolute Gasteiger partial charge is 0.416 e. The Balaban J connectivity index is 2.09. The van der Waals surface area contributed by atoms with Crippen molar-refractivity contribution in [3.05, 3.63) is 29.8 Å². The normalized spacial score (nSPS) is 23.3. The first-order chi connectivity index (χ1) is 7.88. The minimum Gasteiger partial charge on any atom is -0.326 e. The molecule has 1 saturated carbocycles. The zero-order valence-electron chi connectivity index (χ0n) is 9.21. The quantitative estimate of drug-likeness (QED) is 0.848. The second-order valence-corrected chi connectivity index (χ2v) is 4.39. The predicted octanol–water partition coefficient (Wildman–Crippen LogP) is 3.30. The van der Waals surface area contributed by atoms with Gasteiger partial charge in [0.1, 0.15) is 0 Å². The molecule has 1 amide bonds. The number of benzene rings is 1. The minimum atomic E-state index is -4.38. The van der Waals surface area contributed by atoms with Gasteiger partial charge in [-0.15, -0.1) is 0 Å². The van der Waals surface area contributed by atoms with Crippen molar-refractivity contribution in [2.75, 3.05) is 5.32 Å². The van der Waals surface area contributed by atoms with E-state index in [1.807, 2.05) is 6.92 Å². The van der Waals surface area contributed by atoms with E-state index in [9.17, 15) is 18.0 Å². The van der Waals surface area contributed by atoms with Crippen molar-refractivity contribution < 1.29 is 18.0 Å². The summed E-state index contributed by atoms with van der Waals surface area (Å²) in [4.78, 5) is 11.6. The molecule has 5 heteroatoms. The second kappa shape index (κ2) is 4.05. The van der Waals surface area contributed by atoms with Gasteiger partial charge in [0.2, 0.25) is 5.91 Å². The summed E-state index contributed by atoms with van der Waals surface area (Å²) < 4.78 is 37.3. The number of rotatable bonds is 2. The molecule has 0 unspecified atom stereocenters. The zero-order chi connectivity index (χ0) is 12.6. The van der Waals surface area contributed by atoms with E-state index in [1.54, 1.807) is 0 Å². The maximum absolute atomic E-state index is 12.4. The van der Waals surface area contributed by atoms with E-state index in [0.717, 1.165) is 18.6 Å². The van der Waals surface area contributed by atoms with Crippen molar-refractivity contribution >= 4 is 11.6 Å². The lowest BCUT2D eigenvalue weighted by molar-refractivity contribution is -0.137. The van der Waals surface area contributed by atoms with Crippen molar-refractivity contribution in [1.82, 2.24) is 0 Å². The van der Waals surface area contributed by atoms with Gasteiger partial charge in [-0.1, -0.05) is 13.0 Å². The first-order valence-corrected chi connectivity index (χ1v) is 5.36. The van der Waals surface area contributed by atoms with Gasteiger partial charge in [0.25, 0.3) is 0 Å². The Morgan fingerprint density at radius 1 is 1.41 bits per heavy atom. The molecule has 0 aromatic heterocycles. The molecule has 0 bridgehead atoms. The number of carbonyl (C=O) groups excluding carboxylic acids is 1. The topological polar surface area (TPSA) is 29.1 Å². The van der Waals surface area contributed by atoms with Crippen molar-refractivity contribution in [2.24, 2.45) is 11.8 Å². The third-order valence-corrected chi connectivity index (χ3v) is 2.90. The van der Waals surface area contributed by atoms with Crippen LogP contribution in [0.1, 0.15) is 18.9 Å². The van der Waals surface area contributed by atoms with Gasteiger partial charge < -0.3 is 5.32 Å². The Morgan fingerprint density at radius 3 is 2.59 bits per heavy atom. The number of anilines is 1. The van der Waals surface area contributed by atoms with Crippen molar-refractivity contribution in [2.45, 2.75) is 19.5 Å². The molecule has 1 aliphatic carbocycles. The summed E-state index contributed by atoms with van der Waals surface area (Å²) in [5.74, 6) is 0.0853. The number of carbonyl (C=O) groups is 1. The van der Waals surface area contributed by atoms with Gasteiger partial charge in [-0.05, 0) is 30.5 Å². The fourth-order valence-electron chi connectivity index (χ4n) is 1.70. The van der Waals surface area contributed by atoms with Crippen LogP contribution in [0.15, 0.2) is 24.3 Å². The lowest BCUT2D eigenvalue weighted by Gasteiger charge is -2.09. The molecular formula is C12H12F3NO. The molecule has 2 rings (SSSR count). The number of amides is 1. The van der Waals surface area contributed by atoms with Crippen molar-refractivity contribution in [3.8, 4) is 0 Å². The molecule has 2 nitrogen and oxygen atoms in total. The SMILES string of the molecule is C[C@@H]1C[C@@H]1C(=O)Nc1cccc(C(F)(F)F)c1. The summed E-state index contributed by atoms with van der Waals surface area (Å²) in [6, 6.07) is 4.68. The monoisotopic (exact) mass is 243 g/mol. The Kier molecular flexibility index (Phi) is 2.85. The zero-order valence-corrected chi connectivity index (χ0v) is 9.21. The van der Waals surface area contributed by atoms with Crippen molar-refractivity contribution in [1.29, 1.82) is 0 Å². The molecule has 1 aromatic carbocycles. The molecule has 0 saturated heterocycles. The molecule has 0 aliphatic heterocycles. The Hall–Kier alpha value is -1.52. The highest BCUT2D eigenvalue weighted by Crippen LogP contribution is 2.38. The van der Waals surface area contributed by atoms with Gasteiger partial charge >= 0.3 is 6.18 Å². The van der Waals surface area contributed by atoms with Gasteiger partial charge in [-0.2, -0.15) is 13.2 Å². The van der Waals surface area contributed by atoms with Gasteiger partial charge in [0.05, 0.1) is 5.56 Å². The van der Waals surface area contributed by atoms with E-state index in [2.05, 4.69) is 5.32 Å². The van der Waals surface area contributed by atoms with Crippen LogP contribution in [0.5, 0.6) is 0 Å². The average Bonchev–Trinajstić information content (AvgIpc) is 2.95. The smallest absolute Gasteiger partial charge is 0.326 e. The van der Waals surface area contributed by atoms with Crippen LogP contribution in [0, 0.1) is 11.8 Å². The molecule has 1 fully saturated rings. The van der Waals surface area contributed by atoms with Gasteiger partial charge in [0, 0.05) is 11.6 Å². The first kappa shape index (κ1) is 12.0. The Morgan fingerprint density at radius 2 is 2.06 bits per heavy atom. The predicted molar refractivity (Wildman–Crippen MR) is 57.3 cm³/mol. The van der Waals surface area contributed by atoms with Crippen molar-refractivity contribution in [3.63, 3.8) is 0 Å². The number of nitrogens with one attached hydrogen (secondary N) is 1. The lowest BCUT2D eigenvalue weighted by atomic mass is 10.2.